The molecule has 0 unspecified atom stereocenters. The van der Waals surface area contributed by atoms with Crippen molar-refractivity contribution < 1.29 is 0 Å². The minimum atomic E-state index is 0.556. The zero-order chi connectivity index (χ0) is 13.2. The first kappa shape index (κ1) is 12.8. The first-order chi connectivity index (χ1) is 9.25. The minimum absolute atomic E-state index is 0.556. The van der Waals surface area contributed by atoms with E-state index in [1.54, 1.807) is 0 Å². The monoisotopic (exact) mass is 278 g/mol. The Hall–Kier alpha value is -1.26. The summed E-state index contributed by atoms with van der Waals surface area (Å²) < 4.78 is 2.03. The molecule has 0 spiro atoms. The molecule has 1 aromatic carbocycles. The lowest BCUT2D eigenvalue weighted by Crippen LogP contribution is -2.32. The molecular formula is C14H19ClN4. The lowest BCUT2D eigenvalue weighted by Gasteiger charge is -2.26. The molecule has 19 heavy (non-hydrogen) atoms. The van der Waals surface area contributed by atoms with E-state index in [1.165, 1.54) is 32.4 Å². The van der Waals surface area contributed by atoms with E-state index in [1.807, 2.05) is 22.8 Å². The second-order valence-corrected chi connectivity index (χ2v) is 5.54. The fourth-order valence-corrected chi connectivity index (χ4v) is 3.08. The number of rotatable bonds is 3. The summed E-state index contributed by atoms with van der Waals surface area (Å²) in [4.78, 5) is 6.87. The van der Waals surface area contributed by atoms with Gasteiger partial charge in [-0.05, 0) is 38.1 Å². The standard InChI is InChI=1S/C14H19ClN4/c15-11-5-4-6-12-13(11)19(14(16)17-12)10-9-18-7-2-1-3-8-18/h4-6H,1-3,7-10H2,(H2,16,17). The Balaban J connectivity index is 1.81. The third-order valence-electron chi connectivity index (χ3n) is 3.84. The van der Waals surface area contributed by atoms with E-state index >= 15 is 0 Å². The number of nitrogen functional groups attached to an aromatic ring is 1. The van der Waals surface area contributed by atoms with Crippen molar-refractivity contribution in [3.05, 3.63) is 23.2 Å². The van der Waals surface area contributed by atoms with Gasteiger partial charge in [-0.15, -0.1) is 0 Å². The molecule has 102 valence electrons. The quantitative estimate of drug-likeness (QED) is 0.939. The van der Waals surface area contributed by atoms with Gasteiger partial charge in [0.05, 0.1) is 16.1 Å². The molecule has 0 aliphatic carbocycles. The molecule has 1 aliphatic rings. The van der Waals surface area contributed by atoms with E-state index in [2.05, 4.69) is 9.88 Å². The summed E-state index contributed by atoms with van der Waals surface area (Å²) in [5.74, 6) is 0.556. The zero-order valence-corrected chi connectivity index (χ0v) is 11.7. The number of nitrogens with two attached hydrogens (primary N) is 1. The van der Waals surface area contributed by atoms with Gasteiger partial charge in [0.2, 0.25) is 5.95 Å². The van der Waals surface area contributed by atoms with Crippen molar-refractivity contribution in [3.8, 4) is 0 Å². The van der Waals surface area contributed by atoms with Crippen LogP contribution in [0.3, 0.4) is 0 Å². The number of hydrogen-bond acceptors (Lipinski definition) is 3. The van der Waals surface area contributed by atoms with Crippen LogP contribution >= 0.6 is 11.6 Å². The van der Waals surface area contributed by atoms with E-state index in [4.69, 9.17) is 17.3 Å². The van der Waals surface area contributed by atoms with E-state index in [9.17, 15) is 0 Å². The molecule has 3 rings (SSSR count). The number of fused-ring (bicyclic) bond motifs is 1. The van der Waals surface area contributed by atoms with Crippen LogP contribution in [-0.2, 0) is 6.54 Å². The molecule has 0 atom stereocenters. The van der Waals surface area contributed by atoms with Gasteiger partial charge < -0.3 is 15.2 Å². The molecule has 5 heteroatoms. The zero-order valence-electron chi connectivity index (χ0n) is 11.0. The molecule has 0 bridgehead atoms. The highest BCUT2D eigenvalue weighted by molar-refractivity contribution is 6.35. The van der Waals surface area contributed by atoms with Crippen molar-refractivity contribution in [1.82, 2.24) is 14.5 Å². The van der Waals surface area contributed by atoms with Gasteiger partial charge in [-0.1, -0.05) is 24.1 Å². The summed E-state index contributed by atoms with van der Waals surface area (Å²) in [6.07, 6.45) is 3.97. The van der Waals surface area contributed by atoms with Gasteiger partial charge >= 0.3 is 0 Å². The summed E-state index contributed by atoms with van der Waals surface area (Å²) in [7, 11) is 0. The average Bonchev–Trinajstić information content (AvgIpc) is 2.75. The number of imidazole rings is 1. The number of anilines is 1. The Kier molecular flexibility index (Phi) is 3.62. The molecule has 1 aromatic heterocycles. The first-order valence-electron chi connectivity index (χ1n) is 6.88. The van der Waals surface area contributed by atoms with Crippen LogP contribution in [0, 0.1) is 0 Å². The average molecular weight is 279 g/mol. The molecule has 2 heterocycles. The van der Waals surface area contributed by atoms with E-state index in [-0.39, 0.29) is 0 Å². The van der Waals surface area contributed by atoms with Crippen LogP contribution in [0.15, 0.2) is 18.2 Å². The van der Waals surface area contributed by atoms with Gasteiger partial charge in [-0.2, -0.15) is 0 Å². The van der Waals surface area contributed by atoms with Crippen molar-refractivity contribution in [2.24, 2.45) is 0 Å². The van der Waals surface area contributed by atoms with E-state index in [0.29, 0.717) is 5.95 Å². The predicted octanol–water partition coefficient (Wildman–Crippen LogP) is 2.76. The lowest BCUT2D eigenvalue weighted by molar-refractivity contribution is 0.222. The number of halogens is 1. The van der Waals surface area contributed by atoms with Crippen LogP contribution in [0.4, 0.5) is 5.95 Å². The van der Waals surface area contributed by atoms with Gasteiger partial charge in [0.25, 0.3) is 0 Å². The largest absolute Gasteiger partial charge is 0.369 e. The van der Waals surface area contributed by atoms with Gasteiger partial charge in [0, 0.05) is 13.1 Å². The molecule has 0 radical (unpaired) electrons. The summed E-state index contributed by atoms with van der Waals surface area (Å²) in [5.41, 5.74) is 7.85. The Bertz CT molecular complexity index is 572. The highest BCUT2D eigenvalue weighted by Crippen LogP contribution is 2.25. The Morgan fingerprint density at radius 3 is 2.74 bits per heavy atom. The van der Waals surface area contributed by atoms with E-state index in [0.717, 1.165) is 29.1 Å². The normalized spacial score (nSPS) is 17.1. The highest BCUT2D eigenvalue weighted by Gasteiger charge is 2.14. The molecule has 0 amide bonds. The molecule has 2 N–H and O–H groups in total. The molecule has 1 aliphatic heterocycles. The molecule has 1 fully saturated rings. The van der Waals surface area contributed by atoms with Crippen LogP contribution in [0.2, 0.25) is 5.02 Å². The topological polar surface area (TPSA) is 47.1 Å². The van der Waals surface area contributed by atoms with Crippen LogP contribution in [-0.4, -0.2) is 34.1 Å². The third-order valence-corrected chi connectivity index (χ3v) is 4.14. The number of nitrogens with zero attached hydrogens (tertiary/aromatic N) is 3. The maximum absolute atomic E-state index is 6.27. The number of aromatic nitrogens is 2. The number of benzene rings is 1. The summed E-state index contributed by atoms with van der Waals surface area (Å²) >= 11 is 6.27. The summed E-state index contributed by atoms with van der Waals surface area (Å²) in [6, 6.07) is 5.75. The predicted molar refractivity (Wildman–Crippen MR) is 79.4 cm³/mol. The molecule has 2 aromatic rings. The smallest absolute Gasteiger partial charge is 0.201 e. The fourth-order valence-electron chi connectivity index (χ4n) is 2.81. The number of para-hydroxylation sites is 1. The van der Waals surface area contributed by atoms with E-state index < -0.39 is 0 Å². The first-order valence-corrected chi connectivity index (χ1v) is 7.26. The summed E-state index contributed by atoms with van der Waals surface area (Å²) in [5, 5.41) is 0.723. The van der Waals surface area contributed by atoms with Crippen LogP contribution < -0.4 is 5.73 Å². The number of piperidine rings is 1. The van der Waals surface area contributed by atoms with Crippen molar-refractivity contribution in [1.29, 1.82) is 0 Å². The Labute approximate surface area is 118 Å². The maximum atomic E-state index is 6.27. The van der Waals surface area contributed by atoms with Crippen molar-refractivity contribution >= 4 is 28.6 Å². The number of hydrogen-bond donors (Lipinski definition) is 1. The van der Waals surface area contributed by atoms with Gasteiger partial charge in [-0.3, -0.25) is 0 Å². The SMILES string of the molecule is Nc1nc2cccc(Cl)c2n1CCN1CCCCC1. The van der Waals surface area contributed by atoms with Crippen LogP contribution in [0.25, 0.3) is 11.0 Å². The van der Waals surface area contributed by atoms with Crippen LogP contribution in [0.5, 0.6) is 0 Å². The highest BCUT2D eigenvalue weighted by atomic mass is 35.5. The third kappa shape index (κ3) is 2.55. The van der Waals surface area contributed by atoms with Crippen molar-refractivity contribution in [2.75, 3.05) is 25.4 Å². The van der Waals surface area contributed by atoms with Crippen LogP contribution in [0.1, 0.15) is 19.3 Å². The second-order valence-electron chi connectivity index (χ2n) is 5.13. The fraction of sp³-hybridized carbons (Fsp3) is 0.500. The van der Waals surface area contributed by atoms with Crippen molar-refractivity contribution in [2.45, 2.75) is 25.8 Å². The van der Waals surface area contributed by atoms with Gasteiger partial charge in [0.1, 0.15) is 0 Å². The Morgan fingerprint density at radius 2 is 1.95 bits per heavy atom. The van der Waals surface area contributed by atoms with Crippen molar-refractivity contribution in [3.63, 3.8) is 0 Å². The molecule has 1 saturated heterocycles. The molecular weight excluding hydrogens is 260 g/mol. The molecule has 0 saturated carbocycles. The molecule has 4 nitrogen and oxygen atoms in total. The lowest BCUT2D eigenvalue weighted by atomic mass is 10.1. The maximum Gasteiger partial charge on any atom is 0.201 e. The van der Waals surface area contributed by atoms with Gasteiger partial charge in [0.15, 0.2) is 0 Å². The second kappa shape index (κ2) is 5.39. The minimum Gasteiger partial charge on any atom is -0.369 e. The van der Waals surface area contributed by atoms with Gasteiger partial charge in [-0.25, -0.2) is 4.98 Å². The summed E-state index contributed by atoms with van der Waals surface area (Å²) in [6.45, 7) is 4.26. The number of likely N-dealkylation sites (tertiary alicyclic amines) is 1. The Morgan fingerprint density at radius 1 is 1.16 bits per heavy atom.